The molecule has 1 amide bonds. The molecule has 0 radical (unpaired) electrons. The molecule has 2 aromatic rings. The number of amides is 1. The van der Waals surface area contributed by atoms with E-state index in [0.29, 0.717) is 20.9 Å². The number of nitrogens with one attached hydrogen (secondary N) is 1. The topological polar surface area (TPSA) is 68.0 Å². The van der Waals surface area contributed by atoms with E-state index in [1.54, 1.807) is 18.2 Å². The number of thiazole rings is 1. The minimum atomic E-state index is -0.220. The fourth-order valence-electron chi connectivity index (χ4n) is 1.41. The smallest absolute Gasteiger partial charge is 0.258 e. The maximum absolute atomic E-state index is 12.1. The highest BCUT2D eigenvalue weighted by atomic mass is 79.9. The summed E-state index contributed by atoms with van der Waals surface area (Å²) in [6, 6.07) is 5.12. The number of halogens is 1. The number of hydrogen-bond donors (Lipinski definition) is 2. The second kappa shape index (κ2) is 5.07. The summed E-state index contributed by atoms with van der Waals surface area (Å²) in [7, 11) is 0. The number of hydrogen-bond acceptors (Lipinski definition) is 4. The highest BCUT2D eigenvalue weighted by Crippen LogP contribution is 2.24. The van der Waals surface area contributed by atoms with Crippen LogP contribution in [0.1, 0.15) is 20.9 Å². The van der Waals surface area contributed by atoms with Gasteiger partial charge in [0.15, 0.2) is 5.13 Å². The monoisotopic (exact) mass is 325 g/mol. The fourth-order valence-corrected chi connectivity index (χ4v) is 2.64. The van der Waals surface area contributed by atoms with Crippen LogP contribution in [0.25, 0.3) is 0 Å². The largest absolute Gasteiger partial charge is 0.399 e. The Morgan fingerprint density at radius 2 is 2.17 bits per heavy atom. The Labute approximate surface area is 117 Å². The molecule has 0 saturated heterocycles. The van der Waals surface area contributed by atoms with Crippen LogP contribution in [0, 0.1) is 13.8 Å². The van der Waals surface area contributed by atoms with Crippen LogP contribution in [0.5, 0.6) is 0 Å². The van der Waals surface area contributed by atoms with Crippen molar-refractivity contribution in [3.05, 3.63) is 38.8 Å². The van der Waals surface area contributed by atoms with Crippen LogP contribution in [0.3, 0.4) is 0 Å². The Bertz CT molecular complexity index is 590. The quantitative estimate of drug-likeness (QED) is 0.832. The highest BCUT2D eigenvalue weighted by molar-refractivity contribution is 9.10. The maximum atomic E-state index is 12.1. The fraction of sp³-hybridized carbons (Fsp3) is 0.167. The molecule has 0 fully saturated rings. The first kappa shape index (κ1) is 13.0. The van der Waals surface area contributed by atoms with Gasteiger partial charge in [-0.05, 0) is 48.0 Å². The molecule has 0 spiro atoms. The van der Waals surface area contributed by atoms with Crippen molar-refractivity contribution >= 4 is 44.0 Å². The summed E-state index contributed by atoms with van der Waals surface area (Å²) in [5.41, 5.74) is 7.66. The minimum absolute atomic E-state index is 0.220. The third-order valence-corrected chi connectivity index (χ3v) is 4.16. The summed E-state index contributed by atoms with van der Waals surface area (Å²) in [6.45, 7) is 3.89. The number of anilines is 2. The second-order valence-corrected chi connectivity index (χ2v) is 5.91. The Hall–Kier alpha value is -1.40. The first-order chi connectivity index (χ1) is 8.47. The van der Waals surface area contributed by atoms with Crippen molar-refractivity contribution in [2.75, 3.05) is 11.1 Å². The van der Waals surface area contributed by atoms with Gasteiger partial charge < -0.3 is 5.73 Å². The summed E-state index contributed by atoms with van der Waals surface area (Å²) in [5.74, 6) is -0.220. The molecule has 1 aromatic heterocycles. The van der Waals surface area contributed by atoms with Gasteiger partial charge in [-0.15, -0.1) is 11.3 Å². The van der Waals surface area contributed by atoms with Crippen molar-refractivity contribution in [2.24, 2.45) is 0 Å². The van der Waals surface area contributed by atoms with E-state index in [2.05, 4.69) is 26.2 Å². The van der Waals surface area contributed by atoms with Gasteiger partial charge in [0.1, 0.15) is 0 Å². The van der Waals surface area contributed by atoms with Gasteiger partial charge in [0.25, 0.3) is 5.91 Å². The number of carbonyl (C=O) groups is 1. The Balaban J connectivity index is 2.24. The van der Waals surface area contributed by atoms with E-state index in [0.717, 1.165) is 10.6 Å². The molecule has 1 heterocycles. The summed E-state index contributed by atoms with van der Waals surface area (Å²) in [6.07, 6.45) is 0. The number of benzene rings is 1. The standard InChI is InChI=1S/C12H12BrN3OS/c1-6-7(2)18-12(15-6)16-11(17)9-5-8(14)3-4-10(9)13/h3-5H,14H2,1-2H3,(H,15,16,17). The number of nitrogen functional groups attached to an aromatic ring is 1. The molecule has 4 nitrogen and oxygen atoms in total. The highest BCUT2D eigenvalue weighted by Gasteiger charge is 2.13. The Morgan fingerprint density at radius 3 is 2.78 bits per heavy atom. The Morgan fingerprint density at radius 1 is 1.44 bits per heavy atom. The van der Waals surface area contributed by atoms with Crippen molar-refractivity contribution in [3.8, 4) is 0 Å². The molecule has 2 rings (SSSR count). The predicted molar refractivity (Wildman–Crippen MR) is 78.1 cm³/mol. The summed E-state index contributed by atoms with van der Waals surface area (Å²) in [4.78, 5) is 17.4. The first-order valence-corrected chi connectivity index (χ1v) is 6.88. The SMILES string of the molecule is Cc1nc(NC(=O)c2cc(N)ccc2Br)sc1C. The number of rotatable bonds is 2. The van der Waals surface area contributed by atoms with E-state index >= 15 is 0 Å². The zero-order valence-electron chi connectivity index (χ0n) is 9.95. The number of nitrogens with two attached hydrogens (primary N) is 1. The van der Waals surface area contributed by atoms with Crippen LogP contribution in [-0.4, -0.2) is 10.9 Å². The molecular formula is C12H12BrN3OS. The van der Waals surface area contributed by atoms with E-state index in [9.17, 15) is 4.79 Å². The predicted octanol–water partition coefficient (Wildman–Crippen LogP) is 3.36. The molecule has 1 aromatic carbocycles. The van der Waals surface area contributed by atoms with Crippen LogP contribution in [0.2, 0.25) is 0 Å². The van der Waals surface area contributed by atoms with Crippen molar-refractivity contribution in [2.45, 2.75) is 13.8 Å². The first-order valence-electron chi connectivity index (χ1n) is 5.28. The van der Waals surface area contributed by atoms with Gasteiger partial charge in [-0.2, -0.15) is 0 Å². The average molecular weight is 326 g/mol. The van der Waals surface area contributed by atoms with E-state index in [1.807, 2.05) is 13.8 Å². The van der Waals surface area contributed by atoms with Gasteiger partial charge in [-0.25, -0.2) is 4.98 Å². The Kier molecular flexibility index (Phi) is 3.68. The zero-order valence-corrected chi connectivity index (χ0v) is 12.4. The van der Waals surface area contributed by atoms with Gasteiger partial charge in [-0.3, -0.25) is 10.1 Å². The molecule has 0 aliphatic heterocycles. The van der Waals surface area contributed by atoms with Gasteiger partial charge in [0.2, 0.25) is 0 Å². The number of carbonyl (C=O) groups excluding carboxylic acids is 1. The molecular weight excluding hydrogens is 314 g/mol. The lowest BCUT2D eigenvalue weighted by atomic mass is 10.2. The third-order valence-electron chi connectivity index (χ3n) is 2.48. The van der Waals surface area contributed by atoms with Crippen LogP contribution in [0.15, 0.2) is 22.7 Å². The average Bonchev–Trinajstić information content (AvgIpc) is 2.61. The van der Waals surface area contributed by atoms with Crippen LogP contribution in [-0.2, 0) is 0 Å². The lowest BCUT2D eigenvalue weighted by molar-refractivity contribution is 0.102. The molecule has 94 valence electrons. The van der Waals surface area contributed by atoms with Crippen LogP contribution in [0.4, 0.5) is 10.8 Å². The third kappa shape index (κ3) is 2.70. The molecule has 6 heteroatoms. The molecule has 0 bridgehead atoms. The van der Waals surface area contributed by atoms with Crippen molar-refractivity contribution in [1.29, 1.82) is 0 Å². The molecule has 0 aliphatic carbocycles. The maximum Gasteiger partial charge on any atom is 0.258 e. The molecule has 0 aliphatic rings. The van der Waals surface area contributed by atoms with Gasteiger partial charge in [0, 0.05) is 15.0 Å². The second-order valence-electron chi connectivity index (χ2n) is 3.85. The van der Waals surface area contributed by atoms with Crippen molar-refractivity contribution < 1.29 is 4.79 Å². The molecule has 18 heavy (non-hydrogen) atoms. The molecule has 0 saturated carbocycles. The van der Waals surface area contributed by atoms with Crippen molar-refractivity contribution in [1.82, 2.24) is 4.98 Å². The van der Waals surface area contributed by atoms with Crippen LogP contribution >= 0.6 is 27.3 Å². The van der Waals surface area contributed by atoms with E-state index in [-0.39, 0.29) is 5.91 Å². The van der Waals surface area contributed by atoms with E-state index < -0.39 is 0 Å². The van der Waals surface area contributed by atoms with Crippen molar-refractivity contribution in [3.63, 3.8) is 0 Å². The lowest BCUT2D eigenvalue weighted by Crippen LogP contribution is -2.12. The summed E-state index contributed by atoms with van der Waals surface area (Å²) < 4.78 is 0.708. The van der Waals surface area contributed by atoms with Crippen LogP contribution < -0.4 is 11.1 Å². The van der Waals surface area contributed by atoms with E-state index in [1.165, 1.54) is 11.3 Å². The minimum Gasteiger partial charge on any atom is -0.399 e. The number of aryl methyl sites for hydroxylation is 2. The number of nitrogens with zero attached hydrogens (tertiary/aromatic N) is 1. The van der Waals surface area contributed by atoms with Gasteiger partial charge in [0.05, 0.1) is 11.3 Å². The zero-order chi connectivity index (χ0) is 13.3. The summed E-state index contributed by atoms with van der Waals surface area (Å²) in [5, 5.41) is 3.37. The lowest BCUT2D eigenvalue weighted by Gasteiger charge is -2.05. The molecule has 3 N–H and O–H groups in total. The normalized spacial score (nSPS) is 10.4. The molecule has 0 atom stereocenters. The molecule has 0 unspecified atom stereocenters. The van der Waals surface area contributed by atoms with E-state index in [4.69, 9.17) is 5.73 Å². The van der Waals surface area contributed by atoms with Gasteiger partial charge in [-0.1, -0.05) is 0 Å². The summed E-state index contributed by atoms with van der Waals surface area (Å²) >= 11 is 4.79. The number of aromatic nitrogens is 1. The van der Waals surface area contributed by atoms with Gasteiger partial charge >= 0.3 is 0 Å².